The van der Waals surface area contributed by atoms with Gasteiger partial charge in [0.1, 0.15) is 12.4 Å². The van der Waals surface area contributed by atoms with Crippen LogP contribution in [0.2, 0.25) is 5.02 Å². The molecule has 0 saturated heterocycles. The summed E-state index contributed by atoms with van der Waals surface area (Å²) in [5.74, 6) is -0.689. The molecule has 0 saturated carbocycles. The van der Waals surface area contributed by atoms with Gasteiger partial charge in [-0.3, -0.25) is 14.4 Å². The fraction of sp³-hybridized carbons (Fsp3) is 0.0400. The molecular formula is C25H16ClN3O4S. The van der Waals surface area contributed by atoms with Crippen LogP contribution in [0, 0.1) is 0 Å². The Kier molecular flexibility index (Phi) is 5.83. The number of rotatable bonds is 6. The van der Waals surface area contributed by atoms with Crippen LogP contribution in [0.15, 0.2) is 77.6 Å². The smallest absolute Gasteiger partial charge is 0.266 e. The van der Waals surface area contributed by atoms with Crippen molar-refractivity contribution in [1.82, 2.24) is 4.98 Å². The number of hydrogen-bond acceptors (Lipinski definition) is 6. The van der Waals surface area contributed by atoms with Crippen molar-refractivity contribution in [3.8, 4) is 5.75 Å². The molecule has 7 nitrogen and oxygen atoms in total. The van der Waals surface area contributed by atoms with Crippen LogP contribution in [0.1, 0.15) is 36.8 Å². The fourth-order valence-corrected chi connectivity index (χ4v) is 4.38. The molecule has 0 aliphatic carbocycles. The van der Waals surface area contributed by atoms with E-state index in [0.717, 1.165) is 10.6 Å². The van der Waals surface area contributed by atoms with E-state index in [1.54, 1.807) is 60.1 Å². The minimum Gasteiger partial charge on any atom is -0.487 e. The Morgan fingerprint density at radius 1 is 1.00 bits per heavy atom. The predicted molar refractivity (Wildman–Crippen MR) is 130 cm³/mol. The van der Waals surface area contributed by atoms with Gasteiger partial charge in [-0.2, -0.15) is 0 Å². The van der Waals surface area contributed by atoms with Crippen LogP contribution in [0.4, 0.5) is 11.4 Å². The van der Waals surface area contributed by atoms with Crippen LogP contribution in [-0.2, 0) is 6.61 Å². The first-order valence-electron chi connectivity index (χ1n) is 10.2. The van der Waals surface area contributed by atoms with E-state index in [0.29, 0.717) is 34.7 Å². The van der Waals surface area contributed by atoms with Crippen molar-refractivity contribution >= 4 is 52.0 Å². The lowest BCUT2D eigenvalue weighted by Gasteiger charge is -2.16. The van der Waals surface area contributed by atoms with Gasteiger partial charge in [0.15, 0.2) is 0 Å². The molecule has 5 rings (SSSR count). The number of benzene rings is 3. The third kappa shape index (κ3) is 4.16. The highest BCUT2D eigenvalue weighted by Crippen LogP contribution is 2.35. The summed E-state index contributed by atoms with van der Waals surface area (Å²) in [6.07, 6.45) is 0. The molecule has 1 aliphatic rings. The molecule has 0 spiro atoms. The van der Waals surface area contributed by atoms with Gasteiger partial charge in [-0.25, -0.2) is 9.88 Å². The van der Waals surface area contributed by atoms with Crippen molar-refractivity contribution in [2.45, 2.75) is 6.61 Å². The summed E-state index contributed by atoms with van der Waals surface area (Å²) in [5.41, 5.74) is 4.28. The second-order valence-electron chi connectivity index (χ2n) is 7.41. The van der Waals surface area contributed by atoms with Crippen LogP contribution in [-0.4, -0.2) is 22.7 Å². The average Bonchev–Trinajstić information content (AvgIpc) is 3.46. The maximum atomic E-state index is 12.8. The highest BCUT2D eigenvalue weighted by Gasteiger charge is 2.37. The summed E-state index contributed by atoms with van der Waals surface area (Å²) >= 11 is 7.89. The van der Waals surface area contributed by atoms with Gasteiger partial charge < -0.3 is 10.1 Å². The molecule has 1 aliphatic heterocycles. The van der Waals surface area contributed by atoms with E-state index in [9.17, 15) is 14.4 Å². The molecule has 168 valence electrons. The molecule has 2 heterocycles. The Morgan fingerprint density at radius 3 is 2.44 bits per heavy atom. The maximum absolute atomic E-state index is 12.8. The summed E-state index contributed by atoms with van der Waals surface area (Å²) in [5, 5.41) is 4.83. The maximum Gasteiger partial charge on any atom is 0.266 e. The van der Waals surface area contributed by atoms with E-state index in [-0.39, 0.29) is 16.6 Å². The SMILES string of the molecule is O=C(Nc1ccc(N2C(=O)c3ccccc3C2=O)c(Cl)c1)c1cccc(OCc2cscn2)c1. The number of hydrogen-bond donors (Lipinski definition) is 1. The number of carbonyl (C=O) groups excluding carboxylic acids is 3. The molecule has 0 unspecified atom stereocenters. The number of carbonyl (C=O) groups is 3. The first-order valence-corrected chi connectivity index (χ1v) is 11.5. The molecule has 0 atom stereocenters. The van der Waals surface area contributed by atoms with Crippen molar-refractivity contribution in [1.29, 1.82) is 0 Å². The summed E-state index contributed by atoms with van der Waals surface area (Å²) in [7, 11) is 0. The lowest BCUT2D eigenvalue weighted by molar-refractivity contribution is 0.0924. The first kappa shape index (κ1) is 21.8. The van der Waals surface area contributed by atoms with Gasteiger partial charge in [0.25, 0.3) is 17.7 Å². The lowest BCUT2D eigenvalue weighted by atomic mass is 10.1. The number of aromatic nitrogens is 1. The molecule has 0 bridgehead atoms. The molecule has 4 aromatic rings. The second-order valence-corrected chi connectivity index (χ2v) is 8.53. The van der Waals surface area contributed by atoms with E-state index in [1.807, 2.05) is 5.38 Å². The summed E-state index contributed by atoms with van der Waals surface area (Å²) in [6, 6.07) is 18.0. The molecular weight excluding hydrogens is 474 g/mol. The Labute approximate surface area is 203 Å². The van der Waals surface area contributed by atoms with Crippen LogP contribution in [0.25, 0.3) is 0 Å². The van der Waals surface area contributed by atoms with E-state index >= 15 is 0 Å². The standard InChI is InChI=1S/C25H16ClN3O4S/c26-21-11-16(8-9-22(21)29-24(31)19-6-1-2-7-20(19)25(29)32)28-23(30)15-4-3-5-18(10-15)33-12-17-13-34-14-27-17/h1-11,13-14H,12H2,(H,28,30). The van der Waals surface area contributed by atoms with Gasteiger partial charge in [-0.15, -0.1) is 11.3 Å². The zero-order valence-electron chi connectivity index (χ0n) is 17.5. The Morgan fingerprint density at radius 2 is 1.76 bits per heavy atom. The number of ether oxygens (including phenoxy) is 1. The lowest BCUT2D eigenvalue weighted by Crippen LogP contribution is -2.29. The van der Waals surface area contributed by atoms with Crippen LogP contribution in [0.3, 0.4) is 0 Å². The molecule has 1 aromatic heterocycles. The summed E-state index contributed by atoms with van der Waals surface area (Å²) in [6.45, 7) is 0.309. The van der Waals surface area contributed by atoms with E-state index < -0.39 is 11.8 Å². The monoisotopic (exact) mass is 489 g/mol. The van der Waals surface area contributed by atoms with Gasteiger partial charge >= 0.3 is 0 Å². The molecule has 9 heteroatoms. The minimum absolute atomic E-state index is 0.160. The molecule has 0 fully saturated rings. The highest BCUT2D eigenvalue weighted by atomic mass is 35.5. The normalized spacial score (nSPS) is 12.6. The van der Waals surface area contributed by atoms with E-state index in [1.165, 1.54) is 23.5 Å². The number of nitrogens with zero attached hydrogens (tertiary/aromatic N) is 2. The predicted octanol–water partition coefficient (Wildman–Crippen LogP) is 5.43. The molecule has 3 aromatic carbocycles. The van der Waals surface area contributed by atoms with Crippen LogP contribution in [0.5, 0.6) is 5.75 Å². The van der Waals surface area contributed by atoms with Gasteiger partial charge in [0.05, 0.1) is 33.0 Å². The van der Waals surface area contributed by atoms with E-state index in [2.05, 4.69) is 10.3 Å². The van der Waals surface area contributed by atoms with Crippen molar-refractivity contribution in [3.63, 3.8) is 0 Å². The average molecular weight is 490 g/mol. The van der Waals surface area contributed by atoms with Crippen LogP contribution >= 0.6 is 22.9 Å². The van der Waals surface area contributed by atoms with Crippen LogP contribution < -0.4 is 15.0 Å². The number of halogens is 1. The Balaban J connectivity index is 1.30. The fourth-order valence-electron chi connectivity index (χ4n) is 3.57. The third-order valence-corrected chi connectivity index (χ3v) is 6.14. The number of fused-ring (bicyclic) bond motifs is 1. The van der Waals surface area contributed by atoms with Crippen molar-refractivity contribution in [2.75, 3.05) is 10.2 Å². The number of amides is 3. The topological polar surface area (TPSA) is 88.6 Å². The van der Waals surface area contributed by atoms with Crippen molar-refractivity contribution in [3.05, 3.63) is 105 Å². The van der Waals surface area contributed by atoms with Crippen molar-refractivity contribution < 1.29 is 19.1 Å². The Bertz CT molecular complexity index is 1390. The zero-order chi connectivity index (χ0) is 23.7. The quantitative estimate of drug-likeness (QED) is 0.365. The third-order valence-electron chi connectivity index (χ3n) is 5.21. The number of imide groups is 1. The van der Waals surface area contributed by atoms with Gasteiger partial charge in [-0.05, 0) is 48.5 Å². The van der Waals surface area contributed by atoms with E-state index in [4.69, 9.17) is 16.3 Å². The molecule has 1 N–H and O–H groups in total. The second kappa shape index (κ2) is 9.09. The molecule has 0 radical (unpaired) electrons. The number of anilines is 2. The minimum atomic E-state index is -0.436. The van der Waals surface area contributed by atoms with Crippen molar-refractivity contribution in [2.24, 2.45) is 0 Å². The molecule has 34 heavy (non-hydrogen) atoms. The first-order chi connectivity index (χ1) is 16.5. The van der Waals surface area contributed by atoms with Gasteiger partial charge in [0.2, 0.25) is 0 Å². The molecule has 3 amide bonds. The number of nitrogens with one attached hydrogen (secondary N) is 1. The number of thiazole rings is 1. The summed E-state index contributed by atoms with van der Waals surface area (Å²) < 4.78 is 5.70. The highest BCUT2D eigenvalue weighted by molar-refractivity contribution is 7.07. The summed E-state index contributed by atoms with van der Waals surface area (Å²) in [4.78, 5) is 43.4. The largest absolute Gasteiger partial charge is 0.487 e. The Hall–Kier alpha value is -4.01. The zero-order valence-corrected chi connectivity index (χ0v) is 19.1. The van der Waals surface area contributed by atoms with Gasteiger partial charge in [0, 0.05) is 16.6 Å². The van der Waals surface area contributed by atoms with Gasteiger partial charge in [-0.1, -0.05) is 29.8 Å².